The Morgan fingerprint density at radius 2 is 2.08 bits per heavy atom. The van der Waals surface area contributed by atoms with Gasteiger partial charge in [0.25, 0.3) is 17.0 Å². The minimum atomic E-state index is -0.408. The minimum absolute atomic E-state index is 0.108. The highest BCUT2D eigenvalue weighted by molar-refractivity contribution is 5.91. The first kappa shape index (κ1) is 16.1. The molecule has 1 aliphatic rings. The zero-order valence-corrected chi connectivity index (χ0v) is 13.2. The number of nitrogens with one attached hydrogen (secondary N) is 2. The van der Waals surface area contributed by atoms with Crippen LogP contribution in [0.15, 0.2) is 34.1 Å². The van der Waals surface area contributed by atoms with E-state index in [-0.39, 0.29) is 23.4 Å². The van der Waals surface area contributed by atoms with Gasteiger partial charge in [0.2, 0.25) is 0 Å². The molecule has 0 aliphatic heterocycles. The summed E-state index contributed by atoms with van der Waals surface area (Å²) in [5.74, 6) is -0.00630. The predicted octanol–water partition coefficient (Wildman–Crippen LogP) is 0.414. The Hall–Kier alpha value is -2.77. The van der Waals surface area contributed by atoms with E-state index in [0.717, 1.165) is 18.5 Å². The van der Waals surface area contributed by atoms with Crippen molar-refractivity contribution in [3.05, 3.63) is 56.6 Å². The number of aromatic amines is 1. The first-order valence-electron chi connectivity index (χ1n) is 8.04. The third-order valence-corrected chi connectivity index (χ3v) is 4.22. The van der Waals surface area contributed by atoms with Crippen molar-refractivity contribution in [2.24, 2.45) is 0 Å². The summed E-state index contributed by atoms with van der Waals surface area (Å²) in [6, 6.07) is 4.18. The van der Waals surface area contributed by atoms with Crippen LogP contribution in [-0.4, -0.2) is 32.2 Å². The van der Waals surface area contributed by atoms with Crippen LogP contribution in [0.3, 0.4) is 0 Å². The molecule has 1 amide bonds. The predicted molar refractivity (Wildman–Crippen MR) is 86.9 cm³/mol. The van der Waals surface area contributed by atoms with Crippen LogP contribution in [-0.2, 0) is 6.54 Å². The lowest BCUT2D eigenvalue weighted by atomic mass is 10.0. The molecule has 3 rings (SSSR count). The minimum Gasteiger partial charge on any atom is -0.349 e. The third-order valence-electron chi connectivity index (χ3n) is 4.22. The fourth-order valence-electron chi connectivity index (χ4n) is 2.90. The summed E-state index contributed by atoms with van der Waals surface area (Å²) < 4.78 is 1.47. The summed E-state index contributed by atoms with van der Waals surface area (Å²) in [5, 5.41) is 8.50. The number of carbonyl (C=O) groups is 1. The zero-order chi connectivity index (χ0) is 16.9. The summed E-state index contributed by atoms with van der Waals surface area (Å²) in [5.41, 5.74) is 0.515. The molecule has 0 unspecified atom stereocenters. The maximum atomic E-state index is 12.1. The molecule has 0 saturated heterocycles. The molecule has 0 spiro atoms. The Morgan fingerprint density at radius 3 is 2.75 bits per heavy atom. The monoisotopic (exact) mass is 329 g/mol. The quantitative estimate of drug-likeness (QED) is 0.826. The average Bonchev–Trinajstić information content (AvgIpc) is 3.11. The van der Waals surface area contributed by atoms with E-state index < -0.39 is 5.91 Å². The van der Waals surface area contributed by atoms with Gasteiger partial charge < -0.3 is 5.32 Å². The van der Waals surface area contributed by atoms with Crippen molar-refractivity contribution in [2.45, 2.75) is 38.1 Å². The van der Waals surface area contributed by atoms with Gasteiger partial charge in [0.1, 0.15) is 5.69 Å². The Labute approximate surface area is 137 Å². The summed E-state index contributed by atoms with van der Waals surface area (Å²) >= 11 is 0. The van der Waals surface area contributed by atoms with Gasteiger partial charge in [-0.15, -0.1) is 0 Å². The second kappa shape index (κ2) is 7.20. The molecule has 0 aromatic carbocycles. The van der Waals surface area contributed by atoms with Crippen molar-refractivity contribution >= 4 is 5.91 Å². The highest BCUT2D eigenvalue weighted by Gasteiger charge is 2.18. The van der Waals surface area contributed by atoms with Crippen LogP contribution in [0.4, 0.5) is 0 Å². The number of rotatable bonds is 5. The lowest BCUT2D eigenvalue weighted by Gasteiger charge is -2.10. The molecule has 0 atom stereocenters. The standard InChI is InChI=1S/C16H19N5O3/c22-14-6-5-12(19-20-14)16(24)17-7-8-21-10-18-13(9-15(21)23)11-3-1-2-4-11/h5-6,9-11H,1-4,7-8H2,(H,17,24)(H,20,22). The van der Waals surface area contributed by atoms with Crippen LogP contribution in [0.25, 0.3) is 0 Å². The van der Waals surface area contributed by atoms with Gasteiger partial charge in [0.15, 0.2) is 0 Å². The second-order valence-electron chi connectivity index (χ2n) is 5.89. The fourth-order valence-corrected chi connectivity index (χ4v) is 2.90. The van der Waals surface area contributed by atoms with Crippen molar-refractivity contribution in [2.75, 3.05) is 6.54 Å². The lowest BCUT2D eigenvalue weighted by Crippen LogP contribution is -2.32. The highest BCUT2D eigenvalue weighted by Crippen LogP contribution is 2.32. The van der Waals surface area contributed by atoms with E-state index in [9.17, 15) is 14.4 Å². The van der Waals surface area contributed by atoms with E-state index in [1.54, 1.807) is 12.4 Å². The molecule has 8 nitrogen and oxygen atoms in total. The fraction of sp³-hybridized carbons (Fsp3) is 0.438. The Morgan fingerprint density at radius 1 is 1.29 bits per heavy atom. The van der Waals surface area contributed by atoms with Crippen molar-refractivity contribution in [1.82, 2.24) is 25.1 Å². The van der Waals surface area contributed by atoms with Crippen LogP contribution in [0, 0.1) is 0 Å². The summed E-state index contributed by atoms with van der Waals surface area (Å²) in [7, 11) is 0. The lowest BCUT2D eigenvalue weighted by molar-refractivity contribution is 0.0946. The van der Waals surface area contributed by atoms with E-state index in [1.165, 1.54) is 29.5 Å². The normalized spacial score (nSPS) is 14.7. The number of H-pyrrole nitrogens is 1. The van der Waals surface area contributed by atoms with Gasteiger partial charge >= 0.3 is 0 Å². The molecule has 2 heterocycles. The SMILES string of the molecule is O=C(NCCn1cnc(C2CCCC2)cc1=O)c1ccc(=O)[nH]n1. The first-order chi connectivity index (χ1) is 11.6. The number of hydrogen-bond donors (Lipinski definition) is 2. The maximum Gasteiger partial charge on any atom is 0.271 e. The number of amides is 1. The smallest absolute Gasteiger partial charge is 0.271 e. The van der Waals surface area contributed by atoms with Gasteiger partial charge in [-0.3, -0.25) is 19.0 Å². The molecule has 2 aromatic heterocycles. The molecule has 2 aromatic rings. The van der Waals surface area contributed by atoms with E-state index in [1.807, 2.05) is 0 Å². The summed E-state index contributed by atoms with van der Waals surface area (Å²) in [6.45, 7) is 0.593. The number of hydrogen-bond acceptors (Lipinski definition) is 5. The van der Waals surface area contributed by atoms with Gasteiger partial charge in [-0.2, -0.15) is 5.10 Å². The molecule has 126 valence electrons. The molecule has 1 fully saturated rings. The van der Waals surface area contributed by atoms with Crippen molar-refractivity contribution in [3.8, 4) is 0 Å². The summed E-state index contributed by atoms with van der Waals surface area (Å²) in [6.07, 6.45) is 6.12. The van der Waals surface area contributed by atoms with Crippen LogP contribution in [0.2, 0.25) is 0 Å². The van der Waals surface area contributed by atoms with E-state index >= 15 is 0 Å². The van der Waals surface area contributed by atoms with Crippen LogP contribution < -0.4 is 16.4 Å². The molecule has 24 heavy (non-hydrogen) atoms. The Bertz CT molecular complexity index is 816. The molecule has 0 radical (unpaired) electrons. The molecule has 8 heteroatoms. The number of aromatic nitrogens is 4. The van der Waals surface area contributed by atoms with Gasteiger partial charge in [-0.05, 0) is 18.9 Å². The zero-order valence-electron chi connectivity index (χ0n) is 13.2. The highest BCUT2D eigenvalue weighted by atomic mass is 16.2. The maximum absolute atomic E-state index is 12.1. The van der Waals surface area contributed by atoms with E-state index in [0.29, 0.717) is 12.5 Å². The average molecular weight is 329 g/mol. The van der Waals surface area contributed by atoms with Crippen molar-refractivity contribution < 1.29 is 4.79 Å². The van der Waals surface area contributed by atoms with Crippen LogP contribution in [0.1, 0.15) is 47.8 Å². The van der Waals surface area contributed by atoms with Gasteiger partial charge in [-0.25, -0.2) is 10.1 Å². The molecule has 1 aliphatic carbocycles. The largest absolute Gasteiger partial charge is 0.349 e. The molecule has 0 bridgehead atoms. The summed E-state index contributed by atoms with van der Waals surface area (Å²) in [4.78, 5) is 39.3. The second-order valence-corrected chi connectivity index (χ2v) is 5.89. The Kier molecular flexibility index (Phi) is 4.83. The molecule has 2 N–H and O–H groups in total. The first-order valence-corrected chi connectivity index (χ1v) is 8.04. The molecule has 1 saturated carbocycles. The van der Waals surface area contributed by atoms with E-state index in [2.05, 4.69) is 20.5 Å². The number of carbonyl (C=O) groups excluding carboxylic acids is 1. The van der Waals surface area contributed by atoms with Crippen LogP contribution in [0.5, 0.6) is 0 Å². The van der Waals surface area contributed by atoms with Crippen molar-refractivity contribution in [3.63, 3.8) is 0 Å². The van der Waals surface area contributed by atoms with Crippen molar-refractivity contribution in [1.29, 1.82) is 0 Å². The van der Waals surface area contributed by atoms with Gasteiger partial charge in [0, 0.05) is 31.1 Å². The van der Waals surface area contributed by atoms with Crippen LogP contribution >= 0.6 is 0 Å². The van der Waals surface area contributed by atoms with E-state index in [4.69, 9.17) is 0 Å². The topological polar surface area (TPSA) is 110 Å². The third kappa shape index (κ3) is 3.76. The molecular weight excluding hydrogens is 310 g/mol. The van der Waals surface area contributed by atoms with Gasteiger partial charge in [-0.1, -0.05) is 12.8 Å². The Balaban J connectivity index is 1.56. The molecular formula is C16H19N5O3. The number of nitrogens with zero attached hydrogens (tertiary/aromatic N) is 3. The van der Waals surface area contributed by atoms with Gasteiger partial charge in [0.05, 0.1) is 12.0 Å².